The molecule has 1 aromatic carbocycles. The van der Waals surface area contributed by atoms with E-state index in [1.807, 2.05) is 4.90 Å². The van der Waals surface area contributed by atoms with Gasteiger partial charge < -0.3 is 19.7 Å². The van der Waals surface area contributed by atoms with Gasteiger partial charge in [-0.05, 0) is 24.6 Å². The first-order chi connectivity index (χ1) is 13.5. The second-order valence-electron chi connectivity index (χ2n) is 6.83. The van der Waals surface area contributed by atoms with Crippen LogP contribution in [0, 0.1) is 0 Å². The molecule has 1 unspecified atom stereocenters. The van der Waals surface area contributed by atoms with Crippen molar-refractivity contribution < 1.29 is 19.1 Å². The number of nitrogens with zero attached hydrogens (tertiary/aromatic N) is 2. The Kier molecular flexibility index (Phi) is 5.92. The number of nitrogens with one attached hydrogen (secondary N) is 1. The molecular weight excluding hydrogens is 358 g/mol. The van der Waals surface area contributed by atoms with E-state index in [0.717, 1.165) is 18.5 Å². The normalized spacial score (nSPS) is 18.9. The molecule has 2 aliphatic rings. The molecule has 150 valence electrons. The van der Waals surface area contributed by atoms with Gasteiger partial charge in [-0.2, -0.15) is 0 Å². The highest BCUT2D eigenvalue weighted by Gasteiger charge is 2.44. The minimum absolute atomic E-state index is 0.0487. The molecule has 1 aromatic rings. The number of urea groups is 1. The molecule has 0 spiro atoms. The minimum atomic E-state index is -0.590. The first kappa shape index (κ1) is 19.8. The number of unbranched alkanes of at least 4 members (excludes halogenated alkanes) is 1. The zero-order valence-electron chi connectivity index (χ0n) is 16.7. The molecule has 28 heavy (non-hydrogen) atoms. The second kappa shape index (κ2) is 8.37. The lowest BCUT2D eigenvalue weighted by atomic mass is 9.94. The molecule has 0 saturated heterocycles. The Balaban J connectivity index is 2.08. The number of carbonyl (C=O) groups is 2. The zero-order chi connectivity index (χ0) is 20.3. The van der Waals surface area contributed by atoms with Gasteiger partial charge in [0.25, 0.3) is 5.91 Å². The Morgan fingerprint density at radius 3 is 2.71 bits per heavy atom. The Bertz CT molecular complexity index is 818. The predicted molar refractivity (Wildman–Crippen MR) is 106 cm³/mol. The van der Waals surface area contributed by atoms with Crippen molar-refractivity contribution in [3.8, 4) is 11.5 Å². The average molecular weight is 385 g/mol. The van der Waals surface area contributed by atoms with E-state index in [4.69, 9.17) is 9.47 Å². The molecule has 0 bridgehead atoms. The van der Waals surface area contributed by atoms with Gasteiger partial charge in [0.15, 0.2) is 0 Å². The zero-order valence-corrected chi connectivity index (χ0v) is 16.7. The van der Waals surface area contributed by atoms with E-state index >= 15 is 0 Å². The molecule has 7 nitrogen and oxygen atoms in total. The molecule has 2 heterocycles. The summed E-state index contributed by atoms with van der Waals surface area (Å²) < 4.78 is 10.8. The van der Waals surface area contributed by atoms with Crippen LogP contribution in [0.2, 0.25) is 0 Å². The van der Waals surface area contributed by atoms with Gasteiger partial charge in [0.1, 0.15) is 11.5 Å². The summed E-state index contributed by atoms with van der Waals surface area (Å²) in [7, 11) is 3.15. The fourth-order valence-corrected chi connectivity index (χ4v) is 3.70. The molecule has 0 aliphatic carbocycles. The van der Waals surface area contributed by atoms with Crippen LogP contribution in [0.5, 0.6) is 11.5 Å². The quantitative estimate of drug-likeness (QED) is 0.699. The van der Waals surface area contributed by atoms with Crippen LogP contribution in [0.15, 0.2) is 42.1 Å². The molecule has 7 heteroatoms. The molecule has 0 fully saturated rings. The lowest BCUT2D eigenvalue weighted by Gasteiger charge is -2.33. The summed E-state index contributed by atoms with van der Waals surface area (Å²) in [6.45, 7) is 7.27. The summed E-state index contributed by atoms with van der Waals surface area (Å²) in [4.78, 5) is 29.5. The summed E-state index contributed by atoms with van der Waals surface area (Å²) in [6, 6.07) is 4.53. The van der Waals surface area contributed by atoms with E-state index < -0.39 is 6.04 Å². The van der Waals surface area contributed by atoms with Crippen molar-refractivity contribution in [3.05, 3.63) is 47.7 Å². The van der Waals surface area contributed by atoms with E-state index in [0.29, 0.717) is 42.3 Å². The van der Waals surface area contributed by atoms with Crippen molar-refractivity contribution in [1.29, 1.82) is 0 Å². The summed E-state index contributed by atoms with van der Waals surface area (Å²) in [6.07, 6.45) is 3.58. The van der Waals surface area contributed by atoms with Crippen LogP contribution in [0.3, 0.4) is 0 Å². The fourth-order valence-electron chi connectivity index (χ4n) is 3.70. The van der Waals surface area contributed by atoms with E-state index in [-0.39, 0.29) is 11.9 Å². The van der Waals surface area contributed by atoms with Gasteiger partial charge in [-0.1, -0.05) is 19.4 Å². The lowest BCUT2D eigenvalue weighted by Crippen LogP contribution is -2.47. The predicted octanol–water partition coefficient (Wildman–Crippen LogP) is 2.85. The number of carbonyl (C=O) groups excluding carboxylic acids is 2. The highest BCUT2D eigenvalue weighted by Crippen LogP contribution is 2.40. The summed E-state index contributed by atoms with van der Waals surface area (Å²) in [5, 5.41) is 2.97. The molecule has 0 aromatic heterocycles. The number of rotatable bonds is 8. The molecule has 3 rings (SSSR count). The van der Waals surface area contributed by atoms with Crippen LogP contribution in [0.25, 0.3) is 0 Å². The SMILES string of the molecule is C=CCN1C(=O)NC(c2cc(OC)ccc2OC)C2=C1CN(CCCC)C2=O. The van der Waals surface area contributed by atoms with Gasteiger partial charge in [-0.3, -0.25) is 9.69 Å². The first-order valence-corrected chi connectivity index (χ1v) is 9.48. The highest BCUT2D eigenvalue weighted by molar-refractivity contribution is 6.01. The van der Waals surface area contributed by atoms with Crippen molar-refractivity contribution >= 4 is 11.9 Å². The largest absolute Gasteiger partial charge is 0.497 e. The molecule has 0 saturated carbocycles. The maximum atomic E-state index is 13.2. The maximum absolute atomic E-state index is 13.2. The molecule has 2 aliphatic heterocycles. The number of amides is 3. The summed E-state index contributed by atoms with van der Waals surface area (Å²) >= 11 is 0. The minimum Gasteiger partial charge on any atom is -0.497 e. The standard InChI is InChI=1S/C21H27N3O4/c1-5-7-11-23-13-16-18(20(23)25)19(22-21(26)24(16)10-6-2)15-12-14(27-3)8-9-17(15)28-4/h6,8-9,12,19H,2,5,7,10-11,13H2,1,3-4H3,(H,22,26). The average Bonchev–Trinajstić information content (AvgIpc) is 3.04. The fraction of sp³-hybridized carbons (Fsp3) is 0.429. The lowest BCUT2D eigenvalue weighted by molar-refractivity contribution is -0.125. The van der Waals surface area contributed by atoms with Gasteiger partial charge in [-0.15, -0.1) is 6.58 Å². The van der Waals surface area contributed by atoms with Crippen molar-refractivity contribution in [1.82, 2.24) is 15.1 Å². The third-order valence-electron chi connectivity index (χ3n) is 5.14. The molecular formula is C21H27N3O4. The molecule has 1 N–H and O–H groups in total. The van der Waals surface area contributed by atoms with Gasteiger partial charge in [0.05, 0.1) is 38.1 Å². The Morgan fingerprint density at radius 1 is 1.29 bits per heavy atom. The molecule has 1 atom stereocenters. The molecule has 3 amide bonds. The van der Waals surface area contributed by atoms with Gasteiger partial charge in [0, 0.05) is 18.7 Å². The summed E-state index contributed by atoms with van der Waals surface area (Å²) in [5.74, 6) is 1.18. The van der Waals surface area contributed by atoms with Crippen LogP contribution in [-0.4, -0.2) is 55.6 Å². The maximum Gasteiger partial charge on any atom is 0.322 e. The topological polar surface area (TPSA) is 71.1 Å². The van der Waals surface area contributed by atoms with E-state index in [2.05, 4.69) is 18.8 Å². The van der Waals surface area contributed by atoms with Gasteiger partial charge in [-0.25, -0.2) is 4.79 Å². The Morgan fingerprint density at radius 2 is 2.07 bits per heavy atom. The van der Waals surface area contributed by atoms with E-state index in [1.54, 1.807) is 43.4 Å². The monoisotopic (exact) mass is 385 g/mol. The van der Waals surface area contributed by atoms with E-state index in [9.17, 15) is 9.59 Å². The second-order valence-corrected chi connectivity index (χ2v) is 6.83. The van der Waals surface area contributed by atoms with Crippen LogP contribution in [0.4, 0.5) is 4.79 Å². The number of ether oxygens (including phenoxy) is 2. The number of methoxy groups -OCH3 is 2. The smallest absolute Gasteiger partial charge is 0.322 e. The van der Waals surface area contributed by atoms with Crippen molar-refractivity contribution in [2.24, 2.45) is 0 Å². The first-order valence-electron chi connectivity index (χ1n) is 9.48. The van der Waals surface area contributed by atoms with Crippen molar-refractivity contribution in [2.75, 3.05) is 33.9 Å². The summed E-state index contributed by atoms with van der Waals surface area (Å²) in [5.41, 5.74) is 2.02. The Labute approximate surface area is 165 Å². The van der Waals surface area contributed by atoms with Crippen molar-refractivity contribution in [3.63, 3.8) is 0 Å². The molecule has 0 radical (unpaired) electrons. The van der Waals surface area contributed by atoms with E-state index in [1.165, 1.54) is 0 Å². The Hall–Kier alpha value is -2.96. The number of benzene rings is 1. The third-order valence-corrected chi connectivity index (χ3v) is 5.14. The van der Waals surface area contributed by atoms with Crippen molar-refractivity contribution in [2.45, 2.75) is 25.8 Å². The third kappa shape index (κ3) is 3.44. The van der Waals surface area contributed by atoms with Gasteiger partial charge >= 0.3 is 6.03 Å². The van der Waals surface area contributed by atoms with Crippen LogP contribution in [-0.2, 0) is 4.79 Å². The number of hydrogen-bond acceptors (Lipinski definition) is 4. The van der Waals surface area contributed by atoms with Gasteiger partial charge in [0.2, 0.25) is 0 Å². The van der Waals surface area contributed by atoms with Crippen LogP contribution in [0.1, 0.15) is 31.4 Å². The number of hydrogen-bond donors (Lipinski definition) is 1. The highest BCUT2D eigenvalue weighted by atomic mass is 16.5. The van der Waals surface area contributed by atoms with Crippen LogP contribution >= 0.6 is 0 Å². The van der Waals surface area contributed by atoms with Crippen LogP contribution < -0.4 is 14.8 Å².